The molecule has 1 aromatic carbocycles. The minimum Gasteiger partial charge on any atom is -0.275 e. The highest BCUT2D eigenvalue weighted by atomic mass is 19.2. The van der Waals surface area contributed by atoms with Gasteiger partial charge in [-0.25, -0.2) is 14.2 Å². The summed E-state index contributed by atoms with van der Waals surface area (Å²) in [6.07, 6.45) is 2.45. The number of hydrogen-bond acceptors (Lipinski definition) is 3. The number of rotatable bonds is 4. The van der Waals surface area contributed by atoms with Crippen LogP contribution in [0.5, 0.6) is 0 Å². The number of hydrazine groups is 1. The summed E-state index contributed by atoms with van der Waals surface area (Å²) in [6.45, 7) is 3.47. The number of nitrogens with one attached hydrogen (secondary N) is 1. The third-order valence-corrected chi connectivity index (χ3v) is 3.37. The molecule has 0 aliphatic carbocycles. The highest BCUT2D eigenvalue weighted by Gasteiger charge is 2.23. The second-order valence-corrected chi connectivity index (χ2v) is 4.76. The molecule has 2 rings (SSSR count). The average molecular weight is 280 g/mol. The van der Waals surface area contributed by atoms with Gasteiger partial charge in [0.2, 0.25) is 0 Å². The lowest BCUT2D eigenvalue weighted by Crippen LogP contribution is -2.30. The van der Waals surface area contributed by atoms with E-state index in [0.29, 0.717) is 6.42 Å². The fraction of sp³-hybridized carbons (Fsp3) is 0.357. The Kier molecular flexibility index (Phi) is 4.15. The van der Waals surface area contributed by atoms with Crippen molar-refractivity contribution in [2.75, 3.05) is 0 Å². The number of aromatic nitrogens is 2. The summed E-state index contributed by atoms with van der Waals surface area (Å²) in [7, 11) is 1.78. The van der Waals surface area contributed by atoms with Crippen LogP contribution in [0, 0.1) is 18.6 Å². The van der Waals surface area contributed by atoms with E-state index in [9.17, 15) is 8.78 Å². The molecule has 0 aliphatic heterocycles. The van der Waals surface area contributed by atoms with E-state index in [1.54, 1.807) is 30.1 Å². The smallest absolute Gasteiger partial charge is 0.164 e. The fourth-order valence-electron chi connectivity index (χ4n) is 2.30. The zero-order chi connectivity index (χ0) is 14.9. The van der Waals surface area contributed by atoms with E-state index in [0.717, 1.165) is 11.3 Å². The third-order valence-electron chi connectivity index (χ3n) is 3.37. The van der Waals surface area contributed by atoms with Gasteiger partial charge in [0.25, 0.3) is 0 Å². The van der Waals surface area contributed by atoms with Crippen LogP contribution in [-0.4, -0.2) is 9.78 Å². The van der Waals surface area contributed by atoms with Crippen LogP contribution < -0.4 is 11.3 Å². The van der Waals surface area contributed by atoms with Gasteiger partial charge < -0.3 is 0 Å². The van der Waals surface area contributed by atoms with Crippen LogP contribution in [0.3, 0.4) is 0 Å². The van der Waals surface area contributed by atoms with E-state index in [1.807, 2.05) is 6.92 Å². The molecule has 0 saturated carbocycles. The number of nitrogens with zero attached hydrogens (tertiary/aromatic N) is 2. The Balaban J connectivity index is 2.55. The normalized spacial score (nSPS) is 12.7. The van der Waals surface area contributed by atoms with E-state index < -0.39 is 17.7 Å². The van der Waals surface area contributed by atoms with Crippen LogP contribution in [0.2, 0.25) is 0 Å². The molecule has 1 aromatic heterocycles. The minimum absolute atomic E-state index is 0.179. The molecule has 3 N–H and O–H groups in total. The first-order valence-electron chi connectivity index (χ1n) is 6.42. The van der Waals surface area contributed by atoms with Gasteiger partial charge in [-0.15, -0.1) is 0 Å². The molecule has 0 fully saturated rings. The Morgan fingerprint density at radius 3 is 2.60 bits per heavy atom. The van der Waals surface area contributed by atoms with Gasteiger partial charge in [0, 0.05) is 24.4 Å². The lowest BCUT2D eigenvalue weighted by molar-refractivity contribution is 0.478. The molecule has 0 aliphatic rings. The summed E-state index contributed by atoms with van der Waals surface area (Å²) in [5.74, 6) is 3.83. The zero-order valence-corrected chi connectivity index (χ0v) is 11.7. The molecule has 4 nitrogen and oxygen atoms in total. The number of nitrogens with two attached hydrogens (primary N) is 1. The molecule has 6 heteroatoms. The van der Waals surface area contributed by atoms with Crippen LogP contribution in [0.15, 0.2) is 18.3 Å². The number of aryl methyl sites for hydroxylation is 3. The van der Waals surface area contributed by atoms with Gasteiger partial charge in [-0.05, 0) is 18.9 Å². The topological polar surface area (TPSA) is 55.9 Å². The van der Waals surface area contributed by atoms with Crippen molar-refractivity contribution in [1.82, 2.24) is 15.2 Å². The molecule has 0 saturated heterocycles. The predicted molar refractivity (Wildman–Crippen MR) is 72.8 cm³/mol. The monoisotopic (exact) mass is 280 g/mol. The largest absolute Gasteiger partial charge is 0.275 e. The van der Waals surface area contributed by atoms with Crippen LogP contribution in [0.4, 0.5) is 8.78 Å². The van der Waals surface area contributed by atoms with Gasteiger partial charge in [0.1, 0.15) is 0 Å². The lowest BCUT2D eigenvalue weighted by atomic mass is 9.97. The average Bonchev–Trinajstić information content (AvgIpc) is 2.80. The summed E-state index contributed by atoms with van der Waals surface area (Å²) in [5, 5.41) is 4.30. The maximum Gasteiger partial charge on any atom is 0.164 e. The molecule has 0 bridgehead atoms. The molecule has 0 radical (unpaired) electrons. The standard InChI is InChI=1S/C14H18F2N4/c1-4-11-10(7-20(3)19-11)14(18-17)9-6-5-8(2)12(15)13(9)16/h5-7,14,18H,4,17H2,1-3H3. The number of benzene rings is 1. The quantitative estimate of drug-likeness (QED) is 0.666. The van der Waals surface area contributed by atoms with Crippen molar-refractivity contribution < 1.29 is 8.78 Å². The summed E-state index contributed by atoms with van der Waals surface area (Å²) in [4.78, 5) is 0. The first-order valence-corrected chi connectivity index (χ1v) is 6.42. The van der Waals surface area contributed by atoms with E-state index in [-0.39, 0.29) is 11.1 Å². The van der Waals surface area contributed by atoms with Crippen molar-refractivity contribution in [3.8, 4) is 0 Å². The second-order valence-electron chi connectivity index (χ2n) is 4.76. The predicted octanol–water partition coefficient (Wildman–Crippen LogP) is 2.12. The Morgan fingerprint density at radius 1 is 1.30 bits per heavy atom. The van der Waals surface area contributed by atoms with Gasteiger partial charge in [-0.3, -0.25) is 10.5 Å². The van der Waals surface area contributed by atoms with Gasteiger partial charge >= 0.3 is 0 Å². The maximum atomic E-state index is 14.1. The molecule has 0 spiro atoms. The Hall–Kier alpha value is -1.79. The molecule has 0 amide bonds. The number of hydrogen-bond donors (Lipinski definition) is 2. The van der Waals surface area contributed by atoms with Crippen LogP contribution in [0.1, 0.15) is 35.3 Å². The molecule has 108 valence electrons. The number of halogens is 2. The molecule has 1 heterocycles. The SMILES string of the molecule is CCc1nn(C)cc1C(NN)c1ccc(C)c(F)c1F. The van der Waals surface area contributed by atoms with Crippen molar-refractivity contribution in [2.45, 2.75) is 26.3 Å². The summed E-state index contributed by atoms with van der Waals surface area (Å²) >= 11 is 0. The van der Waals surface area contributed by atoms with E-state index in [2.05, 4.69) is 10.5 Å². The first-order chi connectivity index (χ1) is 9.49. The molecule has 2 aromatic rings. The molecular weight excluding hydrogens is 262 g/mol. The Labute approximate surface area is 116 Å². The van der Waals surface area contributed by atoms with Crippen LogP contribution >= 0.6 is 0 Å². The maximum absolute atomic E-state index is 14.1. The third kappa shape index (κ3) is 2.44. The summed E-state index contributed by atoms with van der Waals surface area (Å²) in [5.41, 5.74) is 4.55. The Morgan fingerprint density at radius 2 is 2.00 bits per heavy atom. The summed E-state index contributed by atoms with van der Waals surface area (Å²) in [6, 6.07) is 2.46. The Bertz CT molecular complexity index is 622. The van der Waals surface area contributed by atoms with Crippen molar-refractivity contribution in [2.24, 2.45) is 12.9 Å². The second kappa shape index (κ2) is 5.68. The molecule has 1 atom stereocenters. The molecular formula is C14H18F2N4. The van der Waals surface area contributed by atoms with Gasteiger partial charge in [0.15, 0.2) is 11.6 Å². The van der Waals surface area contributed by atoms with Gasteiger partial charge in [0.05, 0.1) is 11.7 Å². The van der Waals surface area contributed by atoms with Crippen molar-refractivity contribution >= 4 is 0 Å². The molecule has 20 heavy (non-hydrogen) atoms. The van der Waals surface area contributed by atoms with Crippen molar-refractivity contribution in [1.29, 1.82) is 0 Å². The van der Waals surface area contributed by atoms with E-state index in [1.165, 1.54) is 6.92 Å². The highest BCUT2D eigenvalue weighted by molar-refractivity contribution is 5.36. The van der Waals surface area contributed by atoms with Crippen LogP contribution in [-0.2, 0) is 13.5 Å². The highest BCUT2D eigenvalue weighted by Crippen LogP contribution is 2.28. The first kappa shape index (κ1) is 14.6. The fourth-order valence-corrected chi connectivity index (χ4v) is 2.30. The van der Waals surface area contributed by atoms with E-state index >= 15 is 0 Å². The van der Waals surface area contributed by atoms with Crippen molar-refractivity contribution in [3.05, 3.63) is 52.3 Å². The van der Waals surface area contributed by atoms with E-state index in [4.69, 9.17) is 5.84 Å². The molecule has 1 unspecified atom stereocenters. The lowest BCUT2D eigenvalue weighted by Gasteiger charge is -2.17. The summed E-state index contributed by atoms with van der Waals surface area (Å²) < 4.78 is 29.5. The van der Waals surface area contributed by atoms with Gasteiger partial charge in [-0.2, -0.15) is 5.10 Å². The van der Waals surface area contributed by atoms with Gasteiger partial charge in [-0.1, -0.05) is 19.1 Å². The minimum atomic E-state index is -0.876. The van der Waals surface area contributed by atoms with Crippen LogP contribution in [0.25, 0.3) is 0 Å². The van der Waals surface area contributed by atoms with Crippen molar-refractivity contribution in [3.63, 3.8) is 0 Å². The zero-order valence-electron chi connectivity index (χ0n) is 11.7.